The highest BCUT2D eigenvalue weighted by atomic mass is 16.2. The van der Waals surface area contributed by atoms with E-state index in [1.807, 2.05) is 48.7 Å². The van der Waals surface area contributed by atoms with Crippen molar-refractivity contribution in [3.8, 4) is 11.3 Å². The quantitative estimate of drug-likeness (QED) is 0.674. The molecule has 0 atom stereocenters. The van der Waals surface area contributed by atoms with Crippen molar-refractivity contribution >= 4 is 17.4 Å². The number of hydrogen-bond donors (Lipinski definition) is 1. The first-order valence-corrected chi connectivity index (χ1v) is 9.23. The minimum Gasteiger partial charge on any atom is -0.328 e. The van der Waals surface area contributed by atoms with Gasteiger partial charge in [0.05, 0.1) is 11.9 Å². The molecular weight excluding hydrogens is 338 g/mol. The Hall–Kier alpha value is -3.21. The molecule has 2 aromatic carbocycles. The number of aryl methyl sites for hydroxylation is 1. The summed E-state index contributed by atoms with van der Waals surface area (Å²) in [6.07, 6.45) is 4.47. The summed E-state index contributed by atoms with van der Waals surface area (Å²) >= 11 is 0. The van der Waals surface area contributed by atoms with Crippen LogP contribution in [0, 0.1) is 0 Å². The van der Waals surface area contributed by atoms with Crippen LogP contribution >= 0.6 is 0 Å². The number of carbonyl (C=O) groups excluding carboxylic acids is 2. The molecule has 0 spiro atoms. The summed E-state index contributed by atoms with van der Waals surface area (Å²) in [6, 6.07) is 16.8. The van der Waals surface area contributed by atoms with E-state index in [4.69, 9.17) is 0 Å². The van der Waals surface area contributed by atoms with Crippen LogP contribution in [0.3, 0.4) is 0 Å². The highest BCUT2D eigenvalue weighted by Crippen LogP contribution is 2.26. The molecule has 4 rings (SSSR count). The Morgan fingerprint density at radius 1 is 1.00 bits per heavy atom. The zero-order valence-electron chi connectivity index (χ0n) is 15.0. The number of nitrogens with one attached hydrogen (secondary N) is 1. The number of hydrogen-bond acceptors (Lipinski definition) is 3. The van der Waals surface area contributed by atoms with E-state index in [1.54, 1.807) is 12.1 Å². The number of benzene rings is 2. The van der Waals surface area contributed by atoms with Gasteiger partial charge in [-0.15, -0.1) is 0 Å². The second kappa shape index (κ2) is 7.58. The summed E-state index contributed by atoms with van der Waals surface area (Å²) in [5.74, 6) is 0.971. The molecule has 0 saturated carbocycles. The van der Waals surface area contributed by atoms with Gasteiger partial charge >= 0.3 is 0 Å². The fourth-order valence-corrected chi connectivity index (χ4v) is 3.43. The normalized spacial score (nSPS) is 12.6. The lowest BCUT2D eigenvalue weighted by atomic mass is 10.1. The maximum absolute atomic E-state index is 12.1. The molecule has 5 nitrogen and oxygen atoms in total. The molecule has 0 aliphatic carbocycles. The highest BCUT2D eigenvalue weighted by Gasteiger charge is 2.16. The maximum atomic E-state index is 12.1. The van der Waals surface area contributed by atoms with E-state index < -0.39 is 0 Å². The van der Waals surface area contributed by atoms with Gasteiger partial charge in [-0.25, -0.2) is 4.98 Å². The Bertz CT molecular complexity index is 959. The average Bonchev–Trinajstić information content (AvgIpc) is 3.31. The zero-order chi connectivity index (χ0) is 18.6. The van der Waals surface area contributed by atoms with Gasteiger partial charge in [-0.3, -0.25) is 9.59 Å². The fraction of sp³-hybridized carbons (Fsp3) is 0.227. The Labute approximate surface area is 158 Å². The number of amides is 1. The summed E-state index contributed by atoms with van der Waals surface area (Å²) < 4.78 is 2.25. The molecule has 1 aliphatic heterocycles. The van der Waals surface area contributed by atoms with Gasteiger partial charge in [-0.1, -0.05) is 42.5 Å². The highest BCUT2D eigenvalue weighted by molar-refractivity contribution is 6.00. The van der Waals surface area contributed by atoms with Crippen molar-refractivity contribution in [1.29, 1.82) is 0 Å². The summed E-state index contributed by atoms with van der Waals surface area (Å²) in [6.45, 7) is 1.01. The molecule has 0 bridgehead atoms. The summed E-state index contributed by atoms with van der Waals surface area (Å²) in [7, 11) is 0. The molecule has 0 radical (unpaired) electrons. The molecule has 136 valence electrons. The number of nitrogens with zero attached hydrogens (tertiary/aromatic N) is 2. The lowest BCUT2D eigenvalue weighted by Crippen LogP contribution is -2.13. The van der Waals surface area contributed by atoms with E-state index in [1.165, 1.54) is 0 Å². The fourth-order valence-electron chi connectivity index (χ4n) is 3.43. The Morgan fingerprint density at radius 2 is 1.78 bits per heavy atom. The Morgan fingerprint density at radius 3 is 2.56 bits per heavy atom. The summed E-state index contributed by atoms with van der Waals surface area (Å²) in [4.78, 5) is 28.7. The van der Waals surface area contributed by atoms with Crippen LogP contribution in [-0.4, -0.2) is 21.2 Å². The van der Waals surface area contributed by atoms with Gasteiger partial charge in [-0.05, 0) is 24.1 Å². The molecular formula is C22H21N3O2. The number of aromatic nitrogens is 2. The monoisotopic (exact) mass is 359 g/mol. The van der Waals surface area contributed by atoms with Crippen molar-refractivity contribution < 1.29 is 9.59 Å². The third-order valence-corrected chi connectivity index (χ3v) is 4.86. The van der Waals surface area contributed by atoms with E-state index in [0.717, 1.165) is 42.2 Å². The SMILES string of the molecule is O=C(CCC(=O)c1ccccc1)Nc1ccc(-c2cnc3n2CCC3)cc1. The minimum absolute atomic E-state index is 0.0179. The summed E-state index contributed by atoms with van der Waals surface area (Å²) in [5, 5.41) is 2.86. The van der Waals surface area contributed by atoms with Crippen molar-refractivity contribution in [3.63, 3.8) is 0 Å². The van der Waals surface area contributed by atoms with Gasteiger partial charge in [0.2, 0.25) is 5.91 Å². The van der Waals surface area contributed by atoms with E-state index in [2.05, 4.69) is 14.9 Å². The van der Waals surface area contributed by atoms with Crippen LogP contribution in [0.2, 0.25) is 0 Å². The van der Waals surface area contributed by atoms with Crippen molar-refractivity contribution in [2.75, 3.05) is 5.32 Å². The van der Waals surface area contributed by atoms with Crippen LogP contribution in [0.1, 0.15) is 35.4 Å². The molecule has 0 saturated heterocycles. The van der Waals surface area contributed by atoms with Gasteiger partial charge < -0.3 is 9.88 Å². The average molecular weight is 359 g/mol. The van der Waals surface area contributed by atoms with Gasteiger partial charge in [0, 0.05) is 37.1 Å². The van der Waals surface area contributed by atoms with Crippen LogP contribution in [0.5, 0.6) is 0 Å². The third-order valence-electron chi connectivity index (χ3n) is 4.86. The number of anilines is 1. The topological polar surface area (TPSA) is 64.0 Å². The smallest absolute Gasteiger partial charge is 0.224 e. The summed E-state index contributed by atoms with van der Waals surface area (Å²) in [5.41, 5.74) is 3.59. The molecule has 1 aliphatic rings. The third kappa shape index (κ3) is 3.82. The number of ketones is 1. The second-order valence-electron chi connectivity index (χ2n) is 6.73. The standard InChI is InChI=1S/C22H21N3O2/c26-20(17-5-2-1-3-6-17)12-13-22(27)24-18-10-8-16(9-11-18)19-15-23-21-7-4-14-25(19)21/h1-3,5-6,8-11,15H,4,7,12-14H2,(H,24,27). The first-order chi connectivity index (χ1) is 13.2. The molecule has 1 aromatic heterocycles. The number of rotatable bonds is 6. The molecule has 2 heterocycles. The van der Waals surface area contributed by atoms with E-state index in [0.29, 0.717) is 5.56 Å². The maximum Gasteiger partial charge on any atom is 0.224 e. The van der Waals surface area contributed by atoms with Crippen molar-refractivity contribution in [2.45, 2.75) is 32.2 Å². The molecule has 5 heteroatoms. The van der Waals surface area contributed by atoms with Crippen LogP contribution in [0.15, 0.2) is 60.8 Å². The molecule has 27 heavy (non-hydrogen) atoms. The van der Waals surface area contributed by atoms with Crippen molar-refractivity contribution in [1.82, 2.24) is 9.55 Å². The zero-order valence-corrected chi connectivity index (χ0v) is 15.0. The van der Waals surface area contributed by atoms with Crippen molar-refractivity contribution in [3.05, 3.63) is 72.2 Å². The lowest BCUT2D eigenvalue weighted by Gasteiger charge is -2.08. The number of imidazole rings is 1. The number of carbonyl (C=O) groups is 2. The number of Topliss-reactive ketones (excluding diaryl/α,β-unsaturated/α-hetero) is 1. The Balaban J connectivity index is 1.34. The van der Waals surface area contributed by atoms with Gasteiger partial charge in [0.15, 0.2) is 5.78 Å². The molecule has 1 amide bonds. The van der Waals surface area contributed by atoms with Gasteiger partial charge in [0.1, 0.15) is 5.82 Å². The molecule has 3 aromatic rings. The predicted molar refractivity (Wildman–Crippen MR) is 105 cm³/mol. The first-order valence-electron chi connectivity index (χ1n) is 9.23. The number of fused-ring (bicyclic) bond motifs is 1. The van der Waals surface area contributed by atoms with E-state index in [-0.39, 0.29) is 24.5 Å². The van der Waals surface area contributed by atoms with Gasteiger partial charge in [-0.2, -0.15) is 0 Å². The van der Waals surface area contributed by atoms with Crippen LogP contribution in [0.4, 0.5) is 5.69 Å². The van der Waals surface area contributed by atoms with E-state index in [9.17, 15) is 9.59 Å². The van der Waals surface area contributed by atoms with Crippen LogP contribution < -0.4 is 5.32 Å². The van der Waals surface area contributed by atoms with Crippen LogP contribution in [-0.2, 0) is 17.8 Å². The Kier molecular flexibility index (Phi) is 4.83. The van der Waals surface area contributed by atoms with Gasteiger partial charge in [0.25, 0.3) is 0 Å². The first kappa shape index (κ1) is 17.2. The van der Waals surface area contributed by atoms with Crippen molar-refractivity contribution in [2.24, 2.45) is 0 Å². The molecule has 0 fully saturated rings. The largest absolute Gasteiger partial charge is 0.328 e. The molecule has 1 N–H and O–H groups in total. The lowest BCUT2D eigenvalue weighted by molar-refractivity contribution is -0.116. The van der Waals surface area contributed by atoms with Crippen LogP contribution in [0.25, 0.3) is 11.3 Å². The minimum atomic E-state index is -0.155. The van der Waals surface area contributed by atoms with E-state index >= 15 is 0 Å². The second-order valence-corrected chi connectivity index (χ2v) is 6.73. The molecule has 0 unspecified atom stereocenters. The predicted octanol–water partition coefficient (Wildman–Crippen LogP) is 4.10.